The summed E-state index contributed by atoms with van der Waals surface area (Å²) in [5.41, 5.74) is 9.01. The zero-order valence-electron chi connectivity index (χ0n) is 22.1. The molecule has 2 aromatic rings. The molecule has 0 aromatic heterocycles. The largest absolute Gasteiger partial charge is 0.467 e. The minimum atomic E-state index is -0.628. The Bertz CT molecular complexity index is 1160. The van der Waals surface area contributed by atoms with E-state index in [0.717, 1.165) is 23.3 Å². The number of rotatable bonds is 13. The lowest BCUT2D eigenvalue weighted by Crippen LogP contribution is -2.47. The van der Waals surface area contributed by atoms with Gasteiger partial charge in [-0.15, -0.1) is 0 Å². The Morgan fingerprint density at radius 3 is 2.15 bits per heavy atom. The van der Waals surface area contributed by atoms with Gasteiger partial charge in [0.05, 0.1) is 7.11 Å². The maximum Gasteiger partial charge on any atom is 0.329 e. The molecular weight excluding hydrogens is 534 g/mol. The van der Waals surface area contributed by atoms with E-state index in [4.69, 9.17) is 10.5 Å². The number of benzene rings is 2. The van der Waals surface area contributed by atoms with Crippen molar-refractivity contribution in [1.82, 2.24) is 9.80 Å². The number of nitrogens with two attached hydrogens (primary N) is 1. The van der Waals surface area contributed by atoms with Crippen molar-refractivity contribution in [1.29, 1.82) is 0 Å². The summed E-state index contributed by atoms with van der Waals surface area (Å²) in [6.45, 7) is 1.06. The van der Waals surface area contributed by atoms with Gasteiger partial charge in [0.15, 0.2) is 0 Å². The van der Waals surface area contributed by atoms with Gasteiger partial charge in [0.1, 0.15) is 12.1 Å². The van der Waals surface area contributed by atoms with Gasteiger partial charge in [0.2, 0.25) is 17.7 Å². The fourth-order valence-corrected chi connectivity index (χ4v) is 7.24. The van der Waals surface area contributed by atoms with Crippen LogP contribution in [0.5, 0.6) is 0 Å². The molecule has 0 bridgehead atoms. The molecule has 2 fully saturated rings. The van der Waals surface area contributed by atoms with E-state index in [9.17, 15) is 19.2 Å². The lowest BCUT2D eigenvalue weighted by molar-refractivity contribution is -0.150. The van der Waals surface area contributed by atoms with Crippen LogP contribution in [0.15, 0.2) is 54.6 Å². The molecule has 2 aromatic carbocycles. The van der Waals surface area contributed by atoms with E-state index < -0.39 is 18.0 Å². The standard InChI is InChI=1S/C29H35N3O5S2/c1-37-29(36)25(31-13-5-8-26(31)33)19-39-17-21-9-11-22(12-10-21)23-14-27(34)32(15-23)24(28(30)35)18-38-16-20-6-3-2-4-7-20/h2-4,6-7,9-12,23-25H,5,8,13-19H2,1H3,(H2,30,35). The number of ether oxygens (including phenoxy) is 1. The van der Waals surface area contributed by atoms with Crippen molar-refractivity contribution in [3.8, 4) is 0 Å². The first-order valence-electron chi connectivity index (χ1n) is 13.1. The Hall–Kier alpha value is -2.98. The van der Waals surface area contributed by atoms with E-state index in [-0.39, 0.29) is 23.7 Å². The van der Waals surface area contributed by atoms with Crippen molar-refractivity contribution in [3.63, 3.8) is 0 Å². The molecule has 0 aliphatic carbocycles. The van der Waals surface area contributed by atoms with E-state index in [1.54, 1.807) is 33.3 Å². The Morgan fingerprint density at radius 1 is 0.923 bits per heavy atom. The molecule has 2 aliphatic heterocycles. The molecule has 0 saturated carbocycles. The van der Waals surface area contributed by atoms with Gasteiger partial charge in [-0.2, -0.15) is 23.5 Å². The highest BCUT2D eigenvalue weighted by Gasteiger charge is 2.37. The molecule has 4 rings (SSSR count). The molecule has 39 heavy (non-hydrogen) atoms. The number of esters is 1. The SMILES string of the molecule is COC(=O)C(CSCc1ccc(C2CC(=O)N(C(CSCc3ccccc3)C(N)=O)C2)cc1)N1CCCC1=O. The number of likely N-dealkylation sites (tertiary alicyclic amines) is 2. The highest BCUT2D eigenvalue weighted by Crippen LogP contribution is 2.31. The molecule has 0 radical (unpaired) electrons. The lowest BCUT2D eigenvalue weighted by Gasteiger charge is -2.25. The second-order valence-corrected chi connectivity index (χ2v) is 11.9. The van der Waals surface area contributed by atoms with Crippen LogP contribution < -0.4 is 5.73 Å². The number of nitrogens with zero attached hydrogens (tertiary/aromatic N) is 2. The molecule has 2 heterocycles. The third kappa shape index (κ3) is 7.57. The first-order chi connectivity index (χ1) is 18.9. The Labute approximate surface area is 238 Å². The van der Waals surface area contributed by atoms with Crippen LogP contribution in [0.25, 0.3) is 0 Å². The summed E-state index contributed by atoms with van der Waals surface area (Å²) in [6, 6.07) is 16.9. The predicted molar refractivity (Wildman–Crippen MR) is 154 cm³/mol. The van der Waals surface area contributed by atoms with Crippen LogP contribution in [-0.2, 0) is 35.4 Å². The molecule has 3 atom stereocenters. The molecule has 10 heteroatoms. The van der Waals surface area contributed by atoms with Gasteiger partial charge in [-0.3, -0.25) is 14.4 Å². The van der Waals surface area contributed by atoms with Crippen molar-refractivity contribution in [2.24, 2.45) is 5.73 Å². The highest BCUT2D eigenvalue weighted by atomic mass is 32.2. The highest BCUT2D eigenvalue weighted by molar-refractivity contribution is 7.98. The Morgan fingerprint density at radius 2 is 1.56 bits per heavy atom. The first kappa shape index (κ1) is 29.0. The average molecular weight is 570 g/mol. The van der Waals surface area contributed by atoms with Gasteiger partial charge in [0.25, 0.3) is 0 Å². The second-order valence-electron chi connectivity index (χ2n) is 9.85. The predicted octanol–water partition coefficient (Wildman–Crippen LogP) is 3.19. The number of hydrogen-bond donors (Lipinski definition) is 1. The van der Waals surface area contributed by atoms with Crippen LogP contribution in [-0.4, -0.2) is 77.3 Å². The number of amides is 3. The molecule has 2 N–H and O–H groups in total. The molecule has 208 valence electrons. The van der Waals surface area contributed by atoms with Gasteiger partial charge < -0.3 is 20.3 Å². The summed E-state index contributed by atoms with van der Waals surface area (Å²) in [5.74, 6) is 1.49. The zero-order valence-corrected chi connectivity index (χ0v) is 23.8. The van der Waals surface area contributed by atoms with Crippen LogP contribution in [0.4, 0.5) is 0 Å². The smallest absolute Gasteiger partial charge is 0.329 e. The van der Waals surface area contributed by atoms with E-state index in [0.29, 0.717) is 43.2 Å². The van der Waals surface area contributed by atoms with E-state index in [2.05, 4.69) is 0 Å². The van der Waals surface area contributed by atoms with Crippen molar-refractivity contribution in [3.05, 3.63) is 71.3 Å². The summed E-state index contributed by atoms with van der Waals surface area (Å²) in [4.78, 5) is 52.7. The van der Waals surface area contributed by atoms with Crippen molar-refractivity contribution < 1.29 is 23.9 Å². The van der Waals surface area contributed by atoms with Crippen LogP contribution in [0, 0.1) is 0 Å². The maximum atomic E-state index is 12.9. The van der Waals surface area contributed by atoms with Crippen molar-refractivity contribution in [2.75, 3.05) is 31.7 Å². The molecule has 8 nitrogen and oxygen atoms in total. The van der Waals surface area contributed by atoms with Crippen LogP contribution in [0.3, 0.4) is 0 Å². The number of methoxy groups -OCH3 is 1. The topological polar surface area (TPSA) is 110 Å². The summed E-state index contributed by atoms with van der Waals surface area (Å²) >= 11 is 3.19. The molecule has 2 aliphatic rings. The van der Waals surface area contributed by atoms with Gasteiger partial charge in [-0.1, -0.05) is 54.6 Å². The van der Waals surface area contributed by atoms with Crippen LogP contribution in [0.2, 0.25) is 0 Å². The average Bonchev–Trinajstić information content (AvgIpc) is 3.54. The summed E-state index contributed by atoms with van der Waals surface area (Å²) in [7, 11) is 1.35. The zero-order chi connectivity index (χ0) is 27.8. The minimum Gasteiger partial charge on any atom is -0.467 e. The Kier molecular flexibility index (Phi) is 10.3. The molecule has 3 unspecified atom stereocenters. The number of thioether (sulfide) groups is 2. The van der Waals surface area contributed by atoms with Crippen molar-refractivity contribution >= 4 is 47.2 Å². The monoisotopic (exact) mass is 569 g/mol. The van der Waals surface area contributed by atoms with Crippen LogP contribution in [0.1, 0.15) is 41.9 Å². The first-order valence-corrected chi connectivity index (χ1v) is 15.4. The maximum absolute atomic E-state index is 12.9. The van der Waals surface area contributed by atoms with Crippen molar-refractivity contribution in [2.45, 2.75) is 48.8 Å². The van der Waals surface area contributed by atoms with Gasteiger partial charge in [-0.25, -0.2) is 4.79 Å². The molecule has 0 spiro atoms. The Balaban J connectivity index is 1.29. The number of hydrogen-bond acceptors (Lipinski definition) is 7. The fourth-order valence-electron chi connectivity index (χ4n) is 5.04. The van der Waals surface area contributed by atoms with E-state index >= 15 is 0 Å². The van der Waals surface area contributed by atoms with Crippen LogP contribution >= 0.6 is 23.5 Å². The summed E-state index contributed by atoms with van der Waals surface area (Å²) < 4.78 is 4.93. The second kappa shape index (κ2) is 13.9. The molecule has 2 saturated heterocycles. The van der Waals surface area contributed by atoms with E-state index in [1.807, 2.05) is 54.6 Å². The number of carbonyl (C=O) groups excluding carboxylic acids is 4. The third-order valence-electron chi connectivity index (χ3n) is 7.21. The summed E-state index contributed by atoms with van der Waals surface area (Å²) in [5, 5.41) is 0. The van der Waals surface area contributed by atoms with Gasteiger partial charge in [0, 0.05) is 54.9 Å². The lowest BCUT2D eigenvalue weighted by atomic mass is 9.97. The third-order valence-corrected chi connectivity index (χ3v) is 9.38. The van der Waals surface area contributed by atoms with E-state index in [1.165, 1.54) is 12.7 Å². The minimum absolute atomic E-state index is 0.00358. The number of carbonyl (C=O) groups is 4. The van der Waals surface area contributed by atoms with Gasteiger partial charge in [-0.05, 0) is 23.1 Å². The molecular formula is C29H35N3O5S2. The number of primary amides is 1. The normalized spacial score (nSPS) is 18.8. The van der Waals surface area contributed by atoms with Gasteiger partial charge >= 0.3 is 5.97 Å². The summed E-state index contributed by atoms with van der Waals surface area (Å²) in [6.07, 6.45) is 1.60. The quantitative estimate of drug-likeness (QED) is 0.369. The fraction of sp³-hybridized carbons (Fsp3) is 0.448. The molecule has 3 amide bonds.